The molecule has 2 aliphatic rings. The summed E-state index contributed by atoms with van der Waals surface area (Å²) in [5.74, 6) is -2.07. The highest BCUT2D eigenvalue weighted by molar-refractivity contribution is 5.93. The molecule has 12 heteroatoms. The zero-order valence-electron chi connectivity index (χ0n) is 39.7. The van der Waals surface area contributed by atoms with Crippen molar-refractivity contribution in [1.82, 2.24) is 20.9 Å². The molecule has 0 radical (unpaired) electrons. The first-order chi connectivity index (χ1) is 32.8. The predicted octanol–water partition coefficient (Wildman–Crippen LogP) is 9.65. The van der Waals surface area contributed by atoms with Crippen molar-refractivity contribution in [3.05, 3.63) is 167 Å². The normalized spacial score (nSPS) is 15.8. The Bertz CT molecular complexity index is 2370. The highest BCUT2D eigenvalue weighted by Gasteiger charge is 2.46. The number of hydrogen-bond acceptors (Lipinski definition) is 8. The number of rotatable bonds is 18. The number of amides is 4. The van der Waals surface area contributed by atoms with Gasteiger partial charge in [0.15, 0.2) is 5.60 Å². The molecule has 4 atom stereocenters. The van der Waals surface area contributed by atoms with Crippen LogP contribution in [0.3, 0.4) is 0 Å². The first kappa shape index (κ1) is 49.0. The number of nitrogens with one attached hydrogen (secondary N) is 3. The molecule has 5 aromatic carbocycles. The van der Waals surface area contributed by atoms with Crippen molar-refractivity contribution >= 4 is 30.0 Å². The number of likely N-dealkylation sites (tertiary alicyclic amines) is 1. The first-order valence-electron chi connectivity index (χ1n) is 23.9. The maximum absolute atomic E-state index is 14.9. The Balaban J connectivity index is 1.10. The summed E-state index contributed by atoms with van der Waals surface area (Å²) in [5.41, 5.74) is 4.54. The van der Waals surface area contributed by atoms with Gasteiger partial charge >= 0.3 is 18.2 Å². The van der Waals surface area contributed by atoms with Gasteiger partial charge in [-0.1, -0.05) is 160 Å². The number of nitrogens with zero attached hydrogens (tertiary/aromatic N) is 1. The van der Waals surface area contributed by atoms with E-state index in [2.05, 4.69) is 28.1 Å². The average molecular weight is 921 g/mol. The molecule has 1 heterocycles. The van der Waals surface area contributed by atoms with Crippen LogP contribution in [0.1, 0.15) is 107 Å². The number of ether oxygens (including phenoxy) is 3. The van der Waals surface area contributed by atoms with Crippen LogP contribution in [-0.2, 0) is 34.2 Å². The molecule has 5 aromatic rings. The van der Waals surface area contributed by atoms with Gasteiger partial charge in [0.2, 0.25) is 11.8 Å². The molecule has 0 unspecified atom stereocenters. The lowest BCUT2D eigenvalue weighted by molar-refractivity contribution is -0.162. The molecule has 1 aliphatic heterocycles. The van der Waals surface area contributed by atoms with Crippen LogP contribution in [-0.4, -0.2) is 78.3 Å². The Hall–Kier alpha value is -6.95. The van der Waals surface area contributed by atoms with E-state index in [1.54, 1.807) is 20.8 Å². The van der Waals surface area contributed by atoms with Crippen LogP contribution in [0.2, 0.25) is 0 Å². The summed E-state index contributed by atoms with van der Waals surface area (Å²) in [6.07, 6.45) is 1.25. The van der Waals surface area contributed by atoms with E-state index < -0.39 is 59.3 Å². The molecule has 3 N–H and O–H groups in total. The van der Waals surface area contributed by atoms with Crippen LogP contribution in [0.25, 0.3) is 11.1 Å². The van der Waals surface area contributed by atoms with E-state index in [0.717, 1.165) is 38.9 Å². The minimum Gasteiger partial charge on any atom is -0.449 e. The minimum atomic E-state index is -1.35. The van der Waals surface area contributed by atoms with Gasteiger partial charge in [-0.25, -0.2) is 14.4 Å². The smallest absolute Gasteiger partial charge is 0.407 e. The first-order valence-corrected chi connectivity index (χ1v) is 23.9. The number of esters is 1. The van der Waals surface area contributed by atoms with Crippen molar-refractivity contribution in [2.24, 2.45) is 5.92 Å². The monoisotopic (exact) mass is 920 g/mol. The van der Waals surface area contributed by atoms with Crippen LogP contribution in [0, 0.1) is 5.92 Å². The lowest BCUT2D eigenvalue weighted by Crippen LogP contribution is -2.57. The summed E-state index contributed by atoms with van der Waals surface area (Å²) in [6, 6.07) is 41.8. The van der Waals surface area contributed by atoms with Crippen LogP contribution < -0.4 is 16.0 Å². The second kappa shape index (κ2) is 22.2. The molecule has 1 fully saturated rings. The standard InChI is InChI=1S/C56H64N4O8/c1-6-38(2)49(59-54(65)66-37-46-44-31-18-16-29-42(44)43-30-17-19-32-45(43)46)50(61)58-47(33-20-21-35-57-53(64)68-55(3,4)5)51(62)60-36-22-34-48(60)52(63)67-56(39-23-10-7-11-24-39,40-25-12-8-13-26-40)41-27-14-9-15-28-41/h7-19,23-32,38,46-49H,6,20-22,33-37H2,1-5H3,(H,57,64)(H,58,61)(H,59,65)/t38-,47-,48-,49-/m0/s1. The topological polar surface area (TPSA) is 152 Å². The molecule has 0 spiro atoms. The van der Waals surface area contributed by atoms with Crippen LogP contribution in [0.15, 0.2) is 140 Å². The minimum absolute atomic E-state index is 0.0691. The van der Waals surface area contributed by atoms with Crippen molar-refractivity contribution in [1.29, 1.82) is 0 Å². The maximum atomic E-state index is 14.9. The highest BCUT2D eigenvalue weighted by atomic mass is 16.6. The predicted molar refractivity (Wildman–Crippen MR) is 262 cm³/mol. The lowest BCUT2D eigenvalue weighted by Gasteiger charge is -2.37. The van der Waals surface area contributed by atoms with E-state index >= 15 is 0 Å². The van der Waals surface area contributed by atoms with E-state index in [0.29, 0.717) is 32.1 Å². The summed E-state index contributed by atoms with van der Waals surface area (Å²) in [7, 11) is 0. The van der Waals surface area contributed by atoms with Gasteiger partial charge in [-0.15, -0.1) is 0 Å². The maximum Gasteiger partial charge on any atom is 0.407 e. The molecule has 0 bridgehead atoms. The number of carbonyl (C=O) groups is 5. The van der Waals surface area contributed by atoms with Gasteiger partial charge in [0.25, 0.3) is 0 Å². The molecule has 68 heavy (non-hydrogen) atoms. The van der Waals surface area contributed by atoms with E-state index in [-0.39, 0.29) is 38.0 Å². The molecule has 0 saturated carbocycles. The fourth-order valence-corrected chi connectivity index (χ4v) is 9.36. The van der Waals surface area contributed by atoms with Gasteiger partial charge < -0.3 is 35.1 Å². The van der Waals surface area contributed by atoms with Crippen LogP contribution in [0.4, 0.5) is 9.59 Å². The molecule has 1 aliphatic carbocycles. The molecular weight excluding hydrogens is 857 g/mol. The summed E-state index contributed by atoms with van der Waals surface area (Å²) in [6.45, 7) is 9.75. The largest absolute Gasteiger partial charge is 0.449 e. The summed E-state index contributed by atoms with van der Waals surface area (Å²) < 4.78 is 18.0. The van der Waals surface area contributed by atoms with Gasteiger partial charge in [-0.05, 0) is 81.0 Å². The average Bonchev–Trinajstić information content (AvgIpc) is 3.97. The van der Waals surface area contributed by atoms with Crippen molar-refractivity contribution < 1.29 is 38.2 Å². The Morgan fingerprint density at radius 2 is 1.21 bits per heavy atom. The highest BCUT2D eigenvalue weighted by Crippen LogP contribution is 2.45. The summed E-state index contributed by atoms with van der Waals surface area (Å²) >= 11 is 0. The Morgan fingerprint density at radius 3 is 1.74 bits per heavy atom. The fourth-order valence-electron chi connectivity index (χ4n) is 9.36. The number of unbranched alkanes of at least 4 members (excludes halogenated alkanes) is 1. The van der Waals surface area contributed by atoms with E-state index in [9.17, 15) is 24.0 Å². The number of fused-ring (bicyclic) bond motifs is 3. The Kier molecular flexibility index (Phi) is 16.0. The van der Waals surface area contributed by atoms with Crippen molar-refractivity contribution in [2.45, 2.75) is 108 Å². The molecule has 4 amide bonds. The number of carbonyl (C=O) groups excluding carboxylic acids is 5. The second-order valence-corrected chi connectivity index (χ2v) is 18.7. The van der Waals surface area contributed by atoms with Gasteiger partial charge in [-0.3, -0.25) is 9.59 Å². The number of hydrogen-bond donors (Lipinski definition) is 3. The van der Waals surface area contributed by atoms with E-state index in [1.807, 2.05) is 141 Å². The summed E-state index contributed by atoms with van der Waals surface area (Å²) in [5, 5.41) is 8.58. The van der Waals surface area contributed by atoms with Gasteiger partial charge in [-0.2, -0.15) is 0 Å². The third-order valence-electron chi connectivity index (χ3n) is 12.9. The molecule has 356 valence electrons. The Morgan fingerprint density at radius 1 is 0.676 bits per heavy atom. The zero-order chi connectivity index (χ0) is 48.3. The number of alkyl carbamates (subject to hydrolysis) is 2. The van der Waals surface area contributed by atoms with Gasteiger partial charge in [0, 0.05) is 35.7 Å². The Labute approximate surface area is 400 Å². The SMILES string of the molecule is CC[C@H](C)[C@H](NC(=O)OCC1c2ccccc2-c2ccccc21)C(=O)N[C@@H](CCCCNC(=O)OC(C)(C)C)C(=O)N1CCC[C@H]1C(=O)OC(c1ccccc1)(c1ccccc1)c1ccccc1. The quantitative estimate of drug-likeness (QED) is 0.0340. The molecular formula is C56H64N4O8. The number of benzene rings is 5. The third kappa shape index (κ3) is 11.4. The van der Waals surface area contributed by atoms with Gasteiger partial charge in [0.05, 0.1) is 0 Å². The van der Waals surface area contributed by atoms with Crippen molar-refractivity contribution in [2.75, 3.05) is 19.7 Å². The zero-order valence-corrected chi connectivity index (χ0v) is 39.7. The van der Waals surface area contributed by atoms with Gasteiger partial charge in [0.1, 0.15) is 30.3 Å². The second-order valence-electron chi connectivity index (χ2n) is 18.7. The van der Waals surface area contributed by atoms with E-state index in [4.69, 9.17) is 14.2 Å². The van der Waals surface area contributed by atoms with E-state index in [1.165, 1.54) is 4.90 Å². The third-order valence-corrected chi connectivity index (χ3v) is 12.9. The van der Waals surface area contributed by atoms with Crippen LogP contribution in [0.5, 0.6) is 0 Å². The van der Waals surface area contributed by atoms with Crippen molar-refractivity contribution in [3.8, 4) is 11.1 Å². The molecule has 7 rings (SSSR count). The fraction of sp³-hybridized carbons (Fsp3) is 0.375. The molecule has 12 nitrogen and oxygen atoms in total. The van der Waals surface area contributed by atoms with Crippen LogP contribution >= 0.6 is 0 Å². The molecule has 1 saturated heterocycles. The summed E-state index contributed by atoms with van der Waals surface area (Å²) in [4.78, 5) is 71.8. The van der Waals surface area contributed by atoms with Crippen molar-refractivity contribution in [3.63, 3.8) is 0 Å². The lowest BCUT2D eigenvalue weighted by atomic mass is 9.80. The molecule has 0 aromatic heterocycles.